The Hall–Kier alpha value is -9.23. The first-order valence-corrected chi connectivity index (χ1v) is 49.0. The maximum Gasteiger partial charge on any atom is 0.344 e. The number of carbonyl (C=O) groups is 6. The van der Waals surface area contributed by atoms with E-state index in [4.69, 9.17) is 83.1 Å². The highest BCUT2D eigenvalue weighted by Crippen LogP contribution is 2.38. The summed E-state index contributed by atoms with van der Waals surface area (Å²) < 4.78 is 210. The summed E-state index contributed by atoms with van der Waals surface area (Å²) in [6.07, 6.45) is 12.1. The van der Waals surface area contributed by atoms with Crippen molar-refractivity contribution >= 4 is 128 Å². The number of halogens is 16. The van der Waals surface area contributed by atoms with Gasteiger partial charge in [0.15, 0.2) is 30.9 Å². The third-order valence-corrected chi connectivity index (χ3v) is 22.6. The van der Waals surface area contributed by atoms with Crippen LogP contribution in [0.15, 0.2) is 103 Å². The molecule has 4 atom stereocenters. The molecular formula is C100H124Br5ClF10N2O27. The van der Waals surface area contributed by atoms with Gasteiger partial charge in [0.05, 0.1) is 99.0 Å². The fourth-order valence-corrected chi connectivity index (χ4v) is 14.3. The van der Waals surface area contributed by atoms with Crippen molar-refractivity contribution in [2.75, 3.05) is 99.3 Å². The van der Waals surface area contributed by atoms with Crippen LogP contribution in [0.5, 0.6) is 46.0 Å². The van der Waals surface area contributed by atoms with Crippen LogP contribution in [0.25, 0.3) is 0 Å². The molecule has 4 heterocycles. The normalized spacial score (nSPS) is 15.0. The summed E-state index contributed by atoms with van der Waals surface area (Å²) in [6, 6.07) is 21.8. The van der Waals surface area contributed by atoms with Crippen molar-refractivity contribution in [2.45, 2.75) is 198 Å². The summed E-state index contributed by atoms with van der Waals surface area (Å²) in [5.41, 5.74) is 7.68. The Labute approximate surface area is 883 Å². The van der Waals surface area contributed by atoms with Crippen molar-refractivity contribution in [1.29, 1.82) is 0 Å². The number of aromatic hydroxyl groups is 4. The molecule has 0 spiro atoms. The second-order valence-corrected chi connectivity index (χ2v) is 37.9. The summed E-state index contributed by atoms with van der Waals surface area (Å²) in [5.74, 6) is -23.8. The van der Waals surface area contributed by atoms with E-state index >= 15 is 0 Å². The Morgan fingerprint density at radius 2 is 0.621 bits per heavy atom. The first-order chi connectivity index (χ1) is 67.8. The zero-order valence-corrected chi connectivity index (χ0v) is 91.5. The van der Waals surface area contributed by atoms with Gasteiger partial charge in [-0.25, -0.2) is 55.1 Å². The lowest BCUT2D eigenvalue weighted by molar-refractivity contribution is -0.165. The standard InChI is InChI=1S/C21H18BrF5O5.C16H21BrO5.C15H19BrO5.C9H9BrO3.C9H10O3.C8H8O3.C7H13BrO2.C6HF5O.C5H12.C4H12N2.ClH/c1-10-11(21(28)32-20-17(26)15(24)14(23)16(25)18(20)27)5-6-12(22)19(10)31-9-8-30-13-4-2-3-7-29-13;1-11-12(16(18)19-2)6-7-13(17)15(11)22-10-9-21-14-5-3-4-8-20-14;1-10-11(15(17)18)5-6-12(16)14(10)21-9-8-20-13-4-2-3-7-19-13;1-5-6(9(12)13-2)3-4-7(10)8(5)11;1-6-7(9(11)12-2)4-3-5-8(6)10;1-5-6(8(10)11)3-2-4-7(5)9;8-4-6-10-7-3-1-2-5-9-7;7-1-2(8)4(10)6(12)5(11)3(1)9;1-5(2,3)4;1-4(2,3)6-5;/h5-6,13H,2-4,7-9H2,1H3;6-7,14H,3-5,8-10H2,1-2H3;5-6,13H,2-4,7-9H2,1H3,(H,17,18);3-4,11H,1-2H3;3-5,10H,1-2H3;2-4,9H,1H3,(H,10,11);7H,1-6H2;12H;1-4H3;6H,5H2,1-3H3;1H. The van der Waals surface area contributed by atoms with Crippen LogP contribution in [0.2, 0.25) is 0 Å². The molecule has 12 rings (SSSR count). The number of carboxylic acid groups (broad SMARTS) is 2. The zero-order valence-electron chi connectivity index (χ0n) is 82.8. The number of alkyl halides is 1. The predicted octanol–water partition coefficient (Wildman–Crippen LogP) is 24.3. The largest absolute Gasteiger partial charge is 0.508 e. The first-order valence-electron chi connectivity index (χ1n) is 44.7. The number of benzene rings is 8. The van der Waals surface area contributed by atoms with Crippen LogP contribution in [-0.4, -0.2) is 196 Å². The predicted molar refractivity (Wildman–Crippen MR) is 538 cm³/mol. The number of esters is 4. The zero-order chi connectivity index (χ0) is 109. The van der Waals surface area contributed by atoms with Crippen LogP contribution in [-0.2, 0) is 52.1 Å². The highest BCUT2D eigenvalue weighted by atomic mass is 79.9. The Morgan fingerprint density at radius 1 is 0.359 bits per heavy atom. The molecule has 4 aliphatic rings. The minimum atomic E-state index is -2.35. The number of carbonyl (C=O) groups excluding carboxylic acids is 4. The summed E-state index contributed by atoms with van der Waals surface area (Å²) in [4.78, 5) is 67.9. The molecule has 29 nitrogen and oxygen atoms in total. The van der Waals surface area contributed by atoms with E-state index in [1.165, 1.54) is 77.5 Å². The molecule has 0 bridgehead atoms. The fraction of sp³-hybridized carbons (Fsp3) is 0.460. The molecule has 45 heteroatoms. The molecule has 4 aliphatic heterocycles. The molecule has 8 aromatic carbocycles. The number of ether oxygens (including phenoxy) is 15. The Morgan fingerprint density at radius 3 is 0.917 bits per heavy atom. The van der Waals surface area contributed by atoms with Crippen molar-refractivity contribution < 1.29 is 174 Å². The topological polar surface area (TPSA) is 400 Å². The van der Waals surface area contributed by atoms with Gasteiger partial charge in [0.1, 0.15) is 54.3 Å². The molecule has 9 N–H and O–H groups in total. The lowest BCUT2D eigenvalue weighted by Gasteiger charge is -2.23. The Bertz CT molecular complexity index is 5320. The maximum absolute atomic E-state index is 13.8. The average Bonchev–Trinajstić information content (AvgIpc) is 0.768. The van der Waals surface area contributed by atoms with Crippen molar-refractivity contribution in [3.63, 3.8) is 0 Å². The Kier molecular flexibility index (Phi) is 61.5. The average molecular weight is 2410 g/mol. The molecule has 145 heavy (non-hydrogen) atoms. The van der Waals surface area contributed by atoms with E-state index in [-0.39, 0.29) is 108 Å². The molecule has 4 fully saturated rings. The molecule has 4 saturated heterocycles. The van der Waals surface area contributed by atoms with Crippen LogP contribution >= 0.6 is 92.1 Å². The lowest BCUT2D eigenvalue weighted by Crippen LogP contribution is -2.41. The van der Waals surface area contributed by atoms with Gasteiger partial charge in [-0.15, -0.1) is 12.4 Å². The van der Waals surface area contributed by atoms with Gasteiger partial charge >= 0.3 is 35.8 Å². The van der Waals surface area contributed by atoms with Crippen molar-refractivity contribution in [1.82, 2.24) is 5.43 Å². The number of rotatable bonds is 25. The number of aromatic carboxylic acids is 2. The number of carboxylic acids is 2. The molecule has 0 amide bonds. The number of phenols is 4. The summed E-state index contributed by atoms with van der Waals surface area (Å²) in [7, 11) is 3.98. The van der Waals surface area contributed by atoms with Crippen LogP contribution in [0.4, 0.5) is 43.9 Å². The van der Waals surface area contributed by atoms with Crippen LogP contribution in [0.1, 0.15) is 221 Å². The van der Waals surface area contributed by atoms with E-state index < -0.39 is 99.5 Å². The summed E-state index contributed by atoms with van der Waals surface area (Å²) >= 11 is 16.5. The van der Waals surface area contributed by atoms with E-state index in [1.807, 2.05) is 27.7 Å². The molecule has 808 valence electrons. The van der Waals surface area contributed by atoms with E-state index in [1.54, 1.807) is 76.2 Å². The quantitative estimate of drug-likeness (QED) is 0.00252. The molecule has 4 unspecified atom stereocenters. The molecule has 0 saturated carbocycles. The second kappa shape index (κ2) is 67.7. The van der Waals surface area contributed by atoms with Gasteiger partial charge in [0, 0.05) is 70.7 Å². The number of phenolic OH excluding ortho intramolecular Hbond substituents is 4. The highest BCUT2D eigenvalue weighted by Gasteiger charge is 2.32. The van der Waals surface area contributed by atoms with Gasteiger partial charge in [-0.1, -0.05) is 55.8 Å². The fourth-order valence-electron chi connectivity index (χ4n) is 12.0. The smallest absolute Gasteiger partial charge is 0.344 e. The van der Waals surface area contributed by atoms with E-state index in [0.29, 0.717) is 97.8 Å². The van der Waals surface area contributed by atoms with Crippen LogP contribution in [0, 0.1) is 105 Å². The number of nitrogens with one attached hydrogen (secondary N) is 1. The third-order valence-electron chi connectivity index (χ3n) is 19.8. The maximum atomic E-state index is 13.8. The number of hydrogen-bond acceptors (Lipinski definition) is 27. The molecule has 8 aromatic rings. The lowest BCUT2D eigenvalue weighted by atomic mass is 10.0. The minimum absolute atomic E-state index is 0. The first kappa shape index (κ1) is 132. The minimum Gasteiger partial charge on any atom is -0.508 e. The number of methoxy groups -OCH3 is 3. The third kappa shape index (κ3) is 45.4. The van der Waals surface area contributed by atoms with Gasteiger partial charge in [-0.3, -0.25) is 11.3 Å². The van der Waals surface area contributed by atoms with Crippen LogP contribution < -0.4 is 30.2 Å². The highest BCUT2D eigenvalue weighted by molar-refractivity contribution is 9.11. The van der Waals surface area contributed by atoms with Gasteiger partial charge < -0.3 is 102 Å². The van der Waals surface area contributed by atoms with E-state index in [2.05, 4.69) is 127 Å². The van der Waals surface area contributed by atoms with Gasteiger partial charge in [0.2, 0.25) is 63.9 Å². The second-order valence-electron chi connectivity index (χ2n) is 33.7. The summed E-state index contributed by atoms with van der Waals surface area (Å²) in [5, 5.41) is 54.7. The molecule has 0 radical (unpaired) electrons. The van der Waals surface area contributed by atoms with E-state index in [9.17, 15) is 82.9 Å². The number of hydrazine groups is 1. The SMILES string of the molecule is BrCCOC1CCCCO1.CC(C)(C)C.CC(C)(C)NN.COC(=O)c1ccc(Br)c(O)c1C.COC(=O)c1ccc(Br)c(OCCOC2CCCCO2)c1C.COC(=O)c1cccc(O)c1C.Cc1c(C(=O)O)ccc(Br)c1OCCOC1CCCCO1.Cc1c(C(=O)Oc2c(F)c(F)c(F)c(F)c2F)ccc(Br)c1OCCOC1CCCCO1.Cc1c(O)cccc1C(=O)O.Cl.Oc1c(F)c(F)c(F)c(F)c1F. The van der Waals surface area contributed by atoms with E-state index in [0.717, 1.165) is 110 Å². The van der Waals surface area contributed by atoms with Gasteiger partial charge in [-0.2, -0.15) is 17.6 Å². The van der Waals surface area contributed by atoms with Crippen molar-refractivity contribution in [3.05, 3.63) is 228 Å². The van der Waals surface area contributed by atoms with Gasteiger partial charge in [0.25, 0.3) is 0 Å². The monoisotopic (exact) mass is 2400 g/mol. The number of nitrogens with two attached hydrogens (primary N) is 1. The Balaban J connectivity index is 0.000000567. The molecular weight excluding hydrogens is 2290 g/mol. The van der Waals surface area contributed by atoms with Gasteiger partial charge in [-0.05, 0) is 281 Å². The van der Waals surface area contributed by atoms with Crippen molar-refractivity contribution in [2.24, 2.45) is 11.3 Å². The number of hydrogen-bond donors (Lipinski definition) is 8. The summed E-state index contributed by atoms with van der Waals surface area (Å²) in [6.45, 7) is 30.4. The van der Waals surface area contributed by atoms with Crippen LogP contribution in [0.3, 0.4) is 0 Å². The molecule has 0 aromatic heterocycles. The van der Waals surface area contributed by atoms with Crippen molar-refractivity contribution in [3.8, 4) is 46.0 Å². The molecule has 0 aliphatic carbocycles.